The number of piperidine rings is 1. The molecule has 19 heavy (non-hydrogen) atoms. The summed E-state index contributed by atoms with van der Waals surface area (Å²) in [5.41, 5.74) is 1.14. The summed E-state index contributed by atoms with van der Waals surface area (Å²) >= 11 is 5.86. The van der Waals surface area contributed by atoms with Gasteiger partial charge in [0.05, 0.1) is 5.92 Å². The van der Waals surface area contributed by atoms with E-state index in [2.05, 4.69) is 15.5 Å². The van der Waals surface area contributed by atoms with Crippen molar-refractivity contribution in [3.05, 3.63) is 46.6 Å². The van der Waals surface area contributed by atoms with Gasteiger partial charge in [0.1, 0.15) is 0 Å². The second-order valence-electron chi connectivity index (χ2n) is 4.90. The van der Waals surface area contributed by atoms with Gasteiger partial charge in [0.2, 0.25) is 5.89 Å². The highest BCUT2D eigenvalue weighted by atomic mass is 35.5. The summed E-state index contributed by atoms with van der Waals surface area (Å²) in [4.78, 5) is 4.50. The van der Waals surface area contributed by atoms with Gasteiger partial charge in [-0.2, -0.15) is 4.98 Å². The van der Waals surface area contributed by atoms with Crippen molar-refractivity contribution < 1.29 is 4.52 Å². The minimum Gasteiger partial charge on any atom is -0.339 e. The first-order chi connectivity index (χ1) is 9.31. The van der Waals surface area contributed by atoms with Gasteiger partial charge in [0.25, 0.3) is 0 Å². The lowest BCUT2D eigenvalue weighted by Crippen LogP contribution is -2.28. The van der Waals surface area contributed by atoms with Gasteiger partial charge in [-0.15, -0.1) is 0 Å². The van der Waals surface area contributed by atoms with E-state index in [-0.39, 0.29) is 0 Å². The molecule has 1 aromatic heterocycles. The summed E-state index contributed by atoms with van der Waals surface area (Å²) in [6.07, 6.45) is 2.97. The predicted molar refractivity (Wildman–Crippen MR) is 73.4 cm³/mol. The predicted octanol–water partition coefficient (Wildman–Crippen LogP) is 2.78. The number of aromatic nitrogens is 2. The lowest BCUT2D eigenvalue weighted by Gasteiger charge is -2.18. The maximum Gasteiger partial charge on any atom is 0.231 e. The molecule has 0 radical (unpaired) electrons. The van der Waals surface area contributed by atoms with E-state index in [9.17, 15) is 0 Å². The van der Waals surface area contributed by atoms with Gasteiger partial charge in [-0.05, 0) is 37.1 Å². The van der Waals surface area contributed by atoms with Crippen LogP contribution >= 0.6 is 11.6 Å². The smallest absolute Gasteiger partial charge is 0.231 e. The van der Waals surface area contributed by atoms with Crippen LogP contribution in [-0.2, 0) is 6.42 Å². The molecule has 1 fully saturated rings. The third-order valence-electron chi connectivity index (χ3n) is 3.41. The molecule has 0 amide bonds. The van der Waals surface area contributed by atoms with Crippen LogP contribution in [0.2, 0.25) is 5.02 Å². The van der Waals surface area contributed by atoms with E-state index < -0.39 is 0 Å². The number of nitrogens with zero attached hydrogens (tertiary/aromatic N) is 2. The molecule has 0 spiro atoms. The Hall–Kier alpha value is -1.39. The zero-order valence-corrected chi connectivity index (χ0v) is 11.4. The molecule has 0 saturated carbocycles. The zero-order chi connectivity index (χ0) is 13.1. The summed E-state index contributed by atoms with van der Waals surface area (Å²) in [6.45, 7) is 2.02. The van der Waals surface area contributed by atoms with Crippen LogP contribution in [-0.4, -0.2) is 23.2 Å². The minimum atomic E-state index is 0.361. The van der Waals surface area contributed by atoms with Crippen molar-refractivity contribution in [3.8, 4) is 0 Å². The van der Waals surface area contributed by atoms with E-state index in [0.717, 1.165) is 41.8 Å². The molecule has 2 aromatic rings. The average molecular weight is 278 g/mol. The molecule has 0 bridgehead atoms. The Morgan fingerprint density at radius 2 is 2.16 bits per heavy atom. The van der Waals surface area contributed by atoms with Crippen molar-refractivity contribution >= 4 is 11.6 Å². The summed E-state index contributed by atoms with van der Waals surface area (Å²) in [5, 5.41) is 8.16. The van der Waals surface area contributed by atoms with Crippen molar-refractivity contribution in [2.75, 3.05) is 13.1 Å². The first-order valence-corrected chi connectivity index (χ1v) is 6.97. The van der Waals surface area contributed by atoms with Crippen LogP contribution in [0.3, 0.4) is 0 Å². The summed E-state index contributed by atoms with van der Waals surface area (Å²) in [7, 11) is 0. The quantitative estimate of drug-likeness (QED) is 0.937. The van der Waals surface area contributed by atoms with Crippen molar-refractivity contribution in [1.82, 2.24) is 15.5 Å². The van der Waals surface area contributed by atoms with Crippen LogP contribution in [0.5, 0.6) is 0 Å². The first kappa shape index (κ1) is 12.6. The molecule has 0 aliphatic carbocycles. The van der Waals surface area contributed by atoms with Crippen molar-refractivity contribution in [2.24, 2.45) is 0 Å². The van der Waals surface area contributed by atoms with E-state index in [1.165, 1.54) is 6.42 Å². The second kappa shape index (κ2) is 5.72. The maximum atomic E-state index is 5.86. The van der Waals surface area contributed by atoms with Crippen LogP contribution in [0, 0.1) is 0 Å². The SMILES string of the molecule is Clc1ccc(Cc2noc([C@@H]3CCCNC3)n2)cc1. The van der Waals surface area contributed by atoms with E-state index in [1.54, 1.807) is 0 Å². The molecule has 1 saturated heterocycles. The van der Waals surface area contributed by atoms with E-state index in [1.807, 2.05) is 24.3 Å². The summed E-state index contributed by atoms with van der Waals surface area (Å²) < 4.78 is 5.37. The molecule has 1 aliphatic rings. The number of rotatable bonds is 3. The van der Waals surface area contributed by atoms with Gasteiger partial charge in [0.15, 0.2) is 5.82 Å². The fourth-order valence-corrected chi connectivity index (χ4v) is 2.48. The van der Waals surface area contributed by atoms with E-state index >= 15 is 0 Å². The summed E-state index contributed by atoms with van der Waals surface area (Å²) in [6, 6.07) is 7.73. The Labute approximate surface area is 117 Å². The third kappa shape index (κ3) is 3.14. The molecular weight excluding hydrogens is 262 g/mol. The highest BCUT2D eigenvalue weighted by Gasteiger charge is 2.21. The van der Waals surface area contributed by atoms with Crippen LogP contribution in [0.25, 0.3) is 0 Å². The summed E-state index contributed by atoms with van der Waals surface area (Å²) in [5.74, 6) is 1.86. The van der Waals surface area contributed by atoms with Crippen molar-refractivity contribution in [1.29, 1.82) is 0 Å². The van der Waals surface area contributed by atoms with Gasteiger partial charge in [0, 0.05) is 18.0 Å². The fourth-order valence-electron chi connectivity index (χ4n) is 2.35. The van der Waals surface area contributed by atoms with Crippen LogP contribution in [0.15, 0.2) is 28.8 Å². The topological polar surface area (TPSA) is 51.0 Å². The average Bonchev–Trinajstić information content (AvgIpc) is 2.91. The number of hydrogen-bond donors (Lipinski definition) is 1. The monoisotopic (exact) mass is 277 g/mol. The number of halogens is 1. The van der Waals surface area contributed by atoms with Gasteiger partial charge < -0.3 is 9.84 Å². The second-order valence-corrected chi connectivity index (χ2v) is 5.33. The Bertz CT molecular complexity index is 532. The third-order valence-corrected chi connectivity index (χ3v) is 3.66. The maximum absolute atomic E-state index is 5.86. The van der Waals surface area contributed by atoms with E-state index in [0.29, 0.717) is 12.3 Å². The van der Waals surface area contributed by atoms with Crippen molar-refractivity contribution in [3.63, 3.8) is 0 Å². The largest absolute Gasteiger partial charge is 0.339 e. The molecular formula is C14H16ClN3O. The molecule has 1 aliphatic heterocycles. The number of benzene rings is 1. The molecule has 4 nitrogen and oxygen atoms in total. The normalized spacial score (nSPS) is 19.5. The van der Waals surface area contributed by atoms with Crippen LogP contribution < -0.4 is 5.32 Å². The standard InChI is InChI=1S/C14H16ClN3O/c15-12-5-3-10(4-6-12)8-13-17-14(19-18-13)11-2-1-7-16-9-11/h3-6,11,16H,1-2,7-9H2/t11-/m1/s1. The molecule has 1 N–H and O–H groups in total. The van der Waals surface area contributed by atoms with Crippen molar-refractivity contribution in [2.45, 2.75) is 25.2 Å². The molecule has 5 heteroatoms. The lowest BCUT2D eigenvalue weighted by atomic mass is 10.00. The number of nitrogens with one attached hydrogen (secondary N) is 1. The molecule has 3 rings (SSSR count). The first-order valence-electron chi connectivity index (χ1n) is 6.59. The zero-order valence-electron chi connectivity index (χ0n) is 10.6. The number of hydrogen-bond acceptors (Lipinski definition) is 4. The van der Waals surface area contributed by atoms with Gasteiger partial charge in [-0.25, -0.2) is 0 Å². The highest BCUT2D eigenvalue weighted by molar-refractivity contribution is 6.30. The van der Waals surface area contributed by atoms with Gasteiger partial charge in [-0.3, -0.25) is 0 Å². The van der Waals surface area contributed by atoms with Crippen LogP contribution in [0.4, 0.5) is 0 Å². The lowest BCUT2D eigenvalue weighted by molar-refractivity contribution is 0.320. The molecule has 1 atom stereocenters. The van der Waals surface area contributed by atoms with E-state index in [4.69, 9.17) is 16.1 Å². The molecule has 0 unspecified atom stereocenters. The Morgan fingerprint density at radius 3 is 2.89 bits per heavy atom. The van der Waals surface area contributed by atoms with Crippen LogP contribution in [0.1, 0.15) is 36.0 Å². The molecule has 100 valence electrons. The Kier molecular flexibility index (Phi) is 3.80. The van der Waals surface area contributed by atoms with Gasteiger partial charge in [-0.1, -0.05) is 28.9 Å². The Balaban J connectivity index is 1.68. The fraction of sp³-hybridized carbons (Fsp3) is 0.429. The highest BCUT2D eigenvalue weighted by Crippen LogP contribution is 2.22. The molecule has 2 heterocycles. The minimum absolute atomic E-state index is 0.361. The van der Waals surface area contributed by atoms with Gasteiger partial charge >= 0.3 is 0 Å². The molecule has 1 aromatic carbocycles. The Morgan fingerprint density at radius 1 is 1.32 bits per heavy atom.